The van der Waals surface area contributed by atoms with Gasteiger partial charge in [0.1, 0.15) is 22.8 Å². The standard InChI is InChI=1S/C26H25FN4O4/c27-18-6-8-21-20(14-18)23(24(35-21)25(28)32)29-26(33)22-9-7-19(34-22)16-31-12-10-30(11-13-31)15-17-4-2-1-3-5-17/h1-9,14H,10-13,15-16H2,(H2,28,32)(H,29,33). The summed E-state index contributed by atoms with van der Waals surface area (Å²) in [6.07, 6.45) is 0. The molecule has 4 aromatic rings. The number of carbonyl (C=O) groups is 2. The summed E-state index contributed by atoms with van der Waals surface area (Å²) in [6, 6.07) is 17.5. The maximum Gasteiger partial charge on any atom is 0.291 e. The molecule has 0 aliphatic carbocycles. The number of anilines is 1. The first kappa shape index (κ1) is 22.8. The second kappa shape index (κ2) is 9.73. The summed E-state index contributed by atoms with van der Waals surface area (Å²) in [7, 11) is 0. The fourth-order valence-corrected chi connectivity index (χ4v) is 4.30. The van der Waals surface area contributed by atoms with Gasteiger partial charge < -0.3 is 19.9 Å². The van der Waals surface area contributed by atoms with Crippen molar-refractivity contribution in [2.75, 3.05) is 31.5 Å². The zero-order chi connectivity index (χ0) is 24.4. The quantitative estimate of drug-likeness (QED) is 0.420. The Morgan fingerprint density at radius 2 is 1.63 bits per heavy atom. The molecular formula is C26H25FN4O4. The zero-order valence-electron chi connectivity index (χ0n) is 19.0. The van der Waals surface area contributed by atoms with Crippen LogP contribution < -0.4 is 11.1 Å². The van der Waals surface area contributed by atoms with Gasteiger partial charge in [0.25, 0.3) is 11.8 Å². The van der Waals surface area contributed by atoms with E-state index in [1.807, 2.05) is 6.07 Å². The largest absolute Gasteiger partial charge is 0.455 e. The molecule has 2 aromatic heterocycles. The van der Waals surface area contributed by atoms with Crippen molar-refractivity contribution in [2.24, 2.45) is 5.73 Å². The molecule has 0 radical (unpaired) electrons. The lowest BCUT2D eigenvalue weighted by Crippen LogP contribution is -2.45. The topological polar surface area (TPSA) is 105 Å². The predicted molar refractivity (Wildman–Crippen MR) is 128 cm³/mol. The van der Waals surface area contributed by atoms with Gasteiger partial charge in [-0.15, -0.1) is 0 Å². The number of hydrogen-bond acceptors (Lipinski definition) is 6. The summed E-state index contributed by atoms with van der Waals surface area (Å²) < 4.78 is 24.9. The molecule has 1 aliphatic heterocycles. The number of piperazine rings is 1. The van der Waals surface area contributed by atoms with E-state index in [4.69, 9.17) is 14.6 Å². The summed E-state index contributed by atoms with van der Waals surface area (Å²) >= 11 is 0. The van der Waals surface area contributed by atoms with Crippen molar-refractivity contribution in [1.82, 2.24) is 9.80 Å². The van der Waals surface area contributed by atoms with Crippen molar-refractivity contribution >= 4 is 28.5 Å². The van der Waals surface area contributed by atoms with Gasteiger partial charge in [-0.2, -0.15) is 0 Å². The first-order chi connectivity index (χ1) is 17.0. The first-order valence-electron chi connectivity index (χ1n) is 11.4. The third-order valence-electron chi connectivity index (χ3n) is 6.09. The highest BCUT2D eigenvalue weighted by atomic mass is 19.1. The van der Waals surface area contributed by atoms with Crippen LogP contribution >= 0.6 is 0 Å². The van der Waals surface area contributed by atoms with E-state index in [0.29, 0.717) is 12.3 Å². The average molecular weight is 477 g/mol. The summed E-state index contributed by atoms with van der Waals surface area (Å²) in [5.74, 6) is -1.51. The predicted octanol–water partition coefficient (Wildman–Crippen LogP) is 3.83. The maximum absolute atomic E-state index is 13.7. The number of fused-ring (bicyclic) bond motifs is 1. The van der Waals surface area contributed by atoms with Gasteiger partial charge in [0.15, 0.2) is 5.76 Å². The van der Waals surface area contributed by atoms with Crippen molar-refractivity contribution in [2.45, 2.75) is 13.1 Å². The van der Waals surface area contributed by atoms with Crippen LogP contribution in [0.25, 0.3) is 11.0 Å². The van der Waals surface area contributed by atoms with Crippen molar-refractivity contribution in [3.05, 3.63) is 89.3 Å². The molecule has 1 saturated heterocycles. The third kappa shape index (κ3) is 5.11. The minimum atomic E-state index is -0.872. The van der Waals surface area contributed by atoms with Crippen LogP contribution in [-0.2, 0) is 13.1 Å². The molecule has 3 N–H and O–H groups in total. The lowest BCUT2D eigenvalue weighted by molar-refractivity contribution is 0.0976. The van der Waals surface area contributed by atoms with Crippen LogP contribution in [0.2, 0.25) is 0 Å². The van der Waals surface area contributed by atoms with Gasteiger partial charge in [-0.25, -0.2) is 4.39 Å². The highest BCUT2D eigenvalue weighted by molar-refractivity contribution is 6.13. The summed E-state index contributed by atoms with van der Waals surface area (Å²) in [4.78, 5) is 29.3. The molecule has 0 unspecified atom stereocenters. The van der Waals surface area contributed by atoms with E-state index in [1.165, 1.54) is 23.8 Å². The Bertz CT molecular complexity index is 1360. The van der Waals surface area contributed by atoms with Crippen LogP contribution in [0.1, 0.15) is 32.4 Å². The Hall–Kier alpha value is -3.95. The lowest BCUT2D eigenvalue weighted by Gasteiger charge is -2.34. The Balaban J connectivity index is 1.21. The molecule has 35 heavy (non-hydrogen) atoms. The molecule has 3 heterocycles. The molecule has 5 rings (SSSR count). The smallest absolute Gasteiger partial charge is 0.291 e. The van der Waals surface area contributed by atoms with E-state index >= 15 is 0 Å². The molecule has 9 heteroatoms. The zero-order valence-corrected chi connectivity index (χ0v) is 19.0. The van der Waals surface area contributed by atoms with E-state index < -0.39 is 17.6 Å². The van der Waals surface area contributed by atoms with Crippen LogP contribution in [0.5, 0.6) is 0 Å². The van der Waals surface area contributed by atoms with Crippen molar-refractivity contribution in [3.8, 4) is 0 Å². The fourth-order valence-electron chi connectivity index (χ4n) is 4.30. The van der Waals surface area contributed by atoms with E-state index in [0.717, 1.165) is 32.7 Å². The Labute approximate surface area is 201 Å². The summed E-state index contributed by atoms with van der Waals surface area (Å²) in [6.45, 7) is 5.19. The van der Waals surface area contributed by atoms with Gasteiger partial charge in [0, 0.05) is 38.1 Å². The number of amides is 2. The van der Waals surface area contributed by atoms with Gasteiger partial charge in [-0.05, 0) is 35.9 Å². The normalized spacial score (nSPS) is 14.9. The van der Waals surface area contributed by atoms with E-state index in [-0.39, 0.29) is 28.2 Å². The molecule has 2 aromatic carbocycles. The number of primary amides is 1. The third-order valence-corrected chi connectivity index (χ3v) is 6.09. The molecule has 0 atom stereocenters. The summed E-state index contributed by atoms with van der Waals surface area (Å²) in [5, 5.41) is 2.83. The highest BCUT2D eigenvalue weighted by Gasteiger charge is 2.23. The first-order valence-corrected chi connectivity index (χ1v) is 11.4. The van der Waals surface area contributed by atoms with Gasteiger partial charge in [0.05, 0.1) is 6.54 Å². The molecule has 8 nitrogen and oxygen atoms in total. The van der Waals surface area contributed by atoms with Crippen molar-refractivity contribution < 1.29 is 22.8 Å². The van der Waals surface area contributed by atoms with Gasteiger partial charge in [0.2, 0.25) is 5.76 Å². The van der Waals surface area contributed by atoms with Gasteiger partial charge in [-0.3, -0.25) is 19.4 Å². The van der Waals surface area contributed by atoms with Crippen LogP contribution in [0.4, 0.5) is 10.1 Å². The monoisotopic (exact) mass is 476 g/mol. The Morgan fingerprint density at radius 3 is 2.34 bits per heavy atom. The number of halogens is 1. The molecule has 0 spiro atoms. The van der Waals surface area contributed by atoms with E-state index in [1.54, 1.807) is 12.1 Å². The summed E-state index contributed by atoms with van der Waals surface area (Å²) in [5.41, 5.74) is 6.94. The Morgan fingerprint density at radius 1 is 0.914 bits per heavy atom. The maximum atomic E-state index is 13.7. The number of nitrogens with two attached hydrogens (primary N) is 1. The molecule has 2 amide bonds. The SMILES string of the molecule is NC(=O)c1oc2ccc(F)cc2c1NC(=O)c1ccc(CN2CCN(Cc3ccccc3)CC2)o1. The van der Waals surface area contributed by atoms with Crippen LogP contribution in [-0.4, -0.2) is 47.8 Å². The number of benzene rings is 2. The van der Waals surface area contributed by atoms with Gasteiger partial charge >= 0.3 is 0 Å². The number of nitrogens with one attached hydrogen (secondary N) is 1. The van der Waals surface area contributed by atoms with Gasteiger partial charge in [-0.1, -0.05) is 30.3 Å². The number of carbonyl (C=O) groups excluding carboxylic acids is 2. The number of nitrogens with zero attached hydrogens (tertiary/aromatic N) is 2. The van der Waals surface area contributed by atoms with E-state index in [9.17, 15) is 14.0 Å². The highest BCUT2D eigenvalue weighted by Crippen LogP contribution is 2.32. The minimum Gasteiger partial charge on any atom is -0.455 e. The van der Waals surface area contributed by atoms with Crippen LogP contribution in [0.3, 0.4) is 0 Å². The van der Waals surface area contributed by atoms with Crippen molar-refractivity contribution in [3.63, 3.8) is 0 Å². The molecular weight excluding hydrogens is 451 g/mol. The molecule has 0 bridgehead atoms. The number of rotatable bonds is 7. The number of hydrogen-bond donors (Lipinski definition) is 2. The molecule has 1 fully saturated rings. The van der Waals surface area contributed by atoms with E-state index in [2.05, 4.69) is 39.4 Å². The van der Waals surface area contributed by atoms with Crippen LogP contribution in [0.15, 0.2) is 69.5 Å². The molecule has 1 aliphatic rings. The lowest BCUT2D eigenvalue weighted by atomic mass is 10.2. The second-order valence-corrected chi connectivity index (χ2v) is 8.57. The van der Waals surface area contributed by atoms with Crippen molar-refractivity contribution in [1.29, 1.82) is 0 Å². The number of furan rings is 2. The minimum absolute atomic E-state index is 0.0180. The second-order valence-electron chi connectivity index (χ2n) is 8.57. The molecule has 180 valence electrons. The molecule has 0 saturated carbocycles. The Kier molecular flexibility index (Phi) is 6.35. The average Bonchev–Trinajstić information content (AvgIpc) is 3.46. The fraction of sp³-hybridized carbons (Fsp3) is 0.231. The van der Waals surface area contributed by atoms with Crippen LogP contribution in [0, 0.1) is 5.82 Å².